The largest absolute Gasteiger partial charge is 0.376 e. The maximum Gasteiger partial charge on any atom is 0.259 e. The number of hydrogen-bond acceptors (Lipinski definition) is 8. The molecule has 4 aromatic carbocycles. The van der Waals surface area contributed by atoms with Crippen LogP contribution >= 0.6 is 0 Å². The van der Waals surface area contributed by atoms with Crippen LogP contribution in [0.15, 0.2) is 104 Å². The van der Waals surface area contributed by atoms with Crippen LogP contribution < -0.4 is 5.32 Å². The van der Waals surface area contributed by atoms with E-state index in [0.29, 0.717) is 44.4 Å². The highest BCUT2D eigenvalue weighted by molar-refractivity contribution is 5.90. The molecule has 2 saturated heterocycles. The SMILES string of the molecule is C[C@](O)(C(=O)N1CC[C@H](CNc2ncc(-c3ccc4cc(-c5cnc([C@@H]6CCCN6C(=O)[C@](C)(O)c6ccccc6F)[nH]5)ccc4c3)cn2)C1)c1cccc(F)c1. The molecule has 0 bridgehead atoms. The summed E-state index contributed by atoms with van der Waals surface area (Å²) in [6, 6.07) is 23.2. The number of nitrogens with one attached hydrogen (secondary N) is 2. The molecule has 4 heterocycles. The second-order valence-corrected chi connectivity index (χ2v) is 15.3. The summed E-state index contributed by atoms with van der Waals surface area (Å²) in [5.74, 6) is -0.928. The molecule has 2 aliphatic heterocycles. The zero-order valence-electron chi connectivity index (χ0n) is 31.6. The lowest BCUT2D eigenvalue weighted by atomic mass is 9.93. The third-order valence-corrected chi connectivity index (χ3v) is 11.3. The number of fused-ring (bicyclic) bond motifs is 1. The normalized spacial score (nSPS) is 19.1. The Morgan fingerprint density at radius 2 is 1.54 bits per heavy atom. The molecule has 0 spiro atoms. The van der Waals surface area contributed by atoms with Crippen LogP contribution in [0.4, 0.5) is 14.7 Å². The van der Waals surface area contributed by atoms with E-state index in [1.165, 1.54) is 50.2 Å². The molecule has 4 N–H and O–H groups in total. The number of nitrogens with zero attached hydrogens (tertiary/aromatic N) is 5. The molecule has 8 rings (SSSR count). The first kappa shape index (κ1) is 37.9. The van der Waals surface area contributed by atoms with Gasteiger partial charge in [-0.3, -0.25) is 9.59 Å². The molecule has 11 nitrogen and oxygen atoms in total. The molecule has 0 radical (unpaired) electrons. The highest BCUT2D eigenvalue weighted by Gasteiger charge is 2.43. The maximum absolute atomic E-state index is 14.6. The minimum absolute atomic E-state index is 0.0563. The summed E-state index contributed by atoms with van der Waals surface area (Å²) in [6.45, 7) is 4.67. The van der Waals surface area contributed by atoms with E-state index in [4.69, 9.17) is 0 Å². The van der Waals surface area contributed by atoms with E-state index >= 15 is 0 Å². The first-order valence-electron chi connectivity index (χ1n) is 19.1. The van der Waals surface area contributed by atoms with Crippen molar-refractivity contribution in [1.29, 1.82) is 0 Å². The quantitative estimate of drug-likeness (QED) is 0.120. The predicted octanol–water partition coefficient (Wildman–Crippen LogP) is 6.70. The number of aromatic nitrogens is 4. The molecule has 2 aromatic heterocycles. The Balaban J connectivity index is 0.887. The number of amides is 2. The number of anilines is 1. The molecule has 57 heavy (non-hydrogen) atoms. The average molecular weight is 772 g/mol. The molecule has 6 aromatic rings. The summed E-state index contributed by atoms with van der Waals surface area (Å²) in [4.78, 5) is 47.0. The van der Waals surface area contributed by atoms with Crippen molar-refractivity contribution in [2.24, 2.45) is 5.92 Å². The Hall–Kier alpha value is -6.05. The van der Waals surface area contributed by atoms with Gasteiger partial charge in [-0.2, -0.15) is 0 Å². The zero-order valence-corrected chi connectivity index (χ0v) is 31.6. The molecule has 0 saturated carbocycles. The molecule has 4 atom stereocenters. The molecule has 2 aliphatic rings. The lowest BCUT2D eigenvalue weighted by molar-refractivity contribution is -0.152. The Morgan fingerprint density at radius 1 is 0.807 bits per heavy atom. The molecule has 292 valence electrons. The number of hydrogen-bond donors (Lipinski definition) is 4. The second kappa shape index (κ2) is 15.1. The Bertz CT molecular complexity index is 2450. The van der Waals surface area contributed by atoms with E-state index in [1.54, 1.807) is 40.5 Å². The van der Waals surface area contributed by atoms with Crippen molar-refractivity contribution < 1.29 is 28.6 Å². The molecular formula is C44H43F2N7O4. The number of likely N-dealkylation sites (tertiary alicyclic amines) is 2. The highest BCUT2D eigenvalue weighted by atomic mass is 19.1. The smallest absolute Gasteiger partial charge is 0.259 e. The van der Waals surface area contributed by atoms with E-state index < -0.39 is 34.7 Å². The van der Waals surface area contributed by atoms with Gasteiger partial charge in [0.1, 0.15) is 17.5 Å². The van der Waals surface area contributed by atoms with Crippen molar-refractivity contribution in [3.8, 4) is 22.4 Å². The van der Waals surface area contributed by atoms with Gasteiger partial charge in [0.2, 0.25) is 5.95 Å². The molecule has 0 unspecified atom stereocenters. The predicted molar refractivity (Wildman–Crippen MR) is 211 cm³/mol. The summed E-state index contributed by atoms with van der Waals surface area (Å²) in [5, 5.41) is 27.5. The van der Waals surface area contributed by atoms with Gasteiger partial charge in [-0.05, 0) is 91.3 Å². The Kier molecular flexibility index (Phi) is 10.0. The number of aliphatic hydroxyl groups is 2. The second-order valence-electron chi connectivity index (χ2n) is 15.3. The van der Waals surface area contributed by atoms with Crippen molar-refractivity contribution >= 4 is 28.5 Å². The Labute approximate surface area is 328 Å². The van der Waals surface area contributed by atoms with Gasteiger partial charge in [0.25, 0.3) is 11.8 Å². The molecule has 13 heteroatoms. The summed E-state index contributed by atoms with van der Waals surface area (Å²) in [6.07, 6.45) is 7.43. The number of rotatable bonds is 10. The first-order chi connectivity index (χ1) is 27.4. The first-order valence-corrected chi connectivity index (χ1v) is 19.1. The average Bonchev–Trinajstić information content (AvgIpc) is 4.01. The molecule has 2 amide bonds. The minimum atomic E-state index is -2.02. The number of aromatic amines is 1. The van der Waals surface area contributed by atoms with E-state index in [-0.39, 0.29) is 23.1 Å². The van der Waals surface area contributed by atoms with Crippen LogP contribution in [0, 0.1) is 17.6 Å². The lowest BCUT2D eigenvalue weighted by Gasteiger charge is -2.31. The summed E-state index contributed by atoms with van der Waals surface area (Å²) in [5.41, 5.74) is -0.145. The zero-order chi connectivity index (χ0) is 39.9. The summed E-state index contributed by atoms with van der Waals surface area (Å²) < 4.78 is 28.3. The fraction of sp³-hybridized carbons (Fsp3) is 0.295. The van der Waals surface area contributed by atoms with Gasteiger partial charge in [-0.1, -0.05) is 54.6 Å². The van der Waals surface area contributed by atoms with Crippen molar-refractivity contribution in [2.45, 2.75) is 50.4 Å². The highest BCUT2D eigenvalue weighted by Crippen LogP contribution is 2.37. The Morgan fingerprint density at radius 3 is 2.30 bits per heavy atom. The van der Waals surface area contributed by atoms with Crippen molar-refractivity contribution in [3.63, 3.8) is 0 Å². The van der Waals surface area contributed by atoms with E-state index in [9.17, 15) is 28.6 Å². The van der Waals surface area contributed by atoms with E-state index in [1.807, 2.05) is 24.3 Å². The number of halogens is 2. The van der Waals surface area contributed by atoms with Crippen LogP contribution in [-0.4, -0.2) is 77.9 Å². The fourth-order valence-corrected chi connectivity index (χ4v) is 8.00. The maximum atomic E-state index is 14.6. The molecular weight excluding hydrogens is 729 g/mol. The fourth-order valence-electron chi connectivity index (χ4n) is 8.00. The van der Waals surface area contributed by atoms with Gasteiger partial charge in [-0.15, -0.1) is 0 Å². The van der Waals surface area contributed by atoms with Gasteiger partial charge in [0, 0.05) is 55.3 Å². The van der Waals surface area contributed by atoms with Gasteiger partial charge < -0.3 is 30.3 Å². The summed E-state index contributed by atoms with van der Waals surface area (Å²) >= 11 is 0. The van der Waals surface area contributed by atoms with Gasteiger partial charge in [0.05, 0.1) is 17.9 Å². The van der Waals surface area contributed by atoms with Gasteiger partial charge in [-0.25, -0.2) is 23.7 Å². The number of carbonyl (C=O) groups is 2. The van der Waals surface area contributed by atoms with Crippen LogP contribution in [0.5, 0.6) is 0 Å². The van der Waals surface area contributed by atoms with Crippen molar-refractivity contribution in [2.75, 3.05) is 31.5 Å². The van der Waals surface area contributed by atoms with Crippen LogP contribution in [0.3, 0.4) is 0 Å². The van der Waals surface area contributed by atoms with E-state index in [0.717, 1.165) is 46.0 Å². The number of carbonyl (C=O) groups excluding carboxylic acids is 2. The topological polar surface area (TPSA) is 148 Å². The number of benzene rings is 4. The standard InChI is InChI=1S/C44H43F2N7O4/c1-43(56,33-7-5-8-34(45)21-33)40(54)52-18-16-27(26-52)22-48-42-49-23-32(24-50-42)30-13-12-29-20-31(15-14-28(29)19-30)37-25-47-39(51-37)38-11-6-17-53(38)41(55)44(2,57)35-9-3-4-10-36(35)46/h3-5,7-10,12-15,19-21,23-25,27,38,56-57H,6,11,16-18,22,26H2,1-2H3,(H,47,51)(H,48,49,50)/t27-,38+,43-,44-/m1/s1. The third kappa shape index (κ3) is 7.48. The minimum Gasteiger partial charge on any atom is -0.376 e. The van der Waals surface area contributed by atoms with Crippen LogP contribution in [-0.2, 0) is 20.8 Å². The summed E-state index contributed by atoms with van der Waals surface area (Å²) in [7, 11) is 0. The van der Waals surface area contributed by atoms with Gasteiger partial charge >= 0.3 is 0 Å². The third-order valence-electron chi connectivity index (χ3n) is 11.3. The number of H-pyrrole nitrogens is 1. The van der Waals surface area contributed by atoms with Crippen LogP contribution in [0.25, 0.3) is 33.2 Å². The van der Waals surface area contributed by atoms with E-state index in [2.05, 4.69) is 37.4 Å². The van der Waals surface area contributed by atoms with Crippen LogP contribution in [0.2, 0.25) is 0 Å². The van der Waals surface area contributed by atoms with Crippen molar-refractivity contribution in [1.82, 2.24) is 29.7 Å². The number of imidazole rings is 1. The molecule has 2 fully saturated rings. The lowest BCUT2D eigenvalue weighted by Crippen LogP contribution is -2.45. The monoisotopic (exact) mass is 771 g/mol. The van der Waals surface area contributed by atoms with Gasteiger partial charge in [0.15, 0.2) is 11.2 Å². The molecule has 0 aliphatic carbocycles. The van der Waals surface area contributed by atoms with Crippen LogP contribution in [0.1, 0.15) is 56.1 Å². The van der Waals surface area contributed by atoms with Crippen molar-refractivity contribution in [3.05, 3.63) is 132 Å².